The molecule has 3 aromatic rings. The van der Waals surface area contributed by atoms with E-state index in [1.165, 1.54) is 5.56 Å². The van der Waals surface area contributed by atoms with Crippen molar-refractivity contribution in [3.05, 3.63) is 54.1 Å². The number of ether oxygens (including phenoxy) is 2. The first-order valence-electron chi connectivity index (χ1n) is 9.61. The van der Waals surface area contributed by atoms with Gasteiger partial charge in [-0.1, -0.05) is 26.0 Å². The van der Waals surface area contributed by atoms with E-state index in [0.717, 1.165) is 11.3 Å². The highest BCUT2D eigenvalue weighted by Crippen LogP contribution is 2.26. The summed E-state index contributed by atoms with van der Waals surface area (Å²) in [7, 11) is 0. The molecule has 0 radical (unpaired) electrons. The maximum atomic E-state index is 12.5. The Hall–Kier alpha value is -3.35. The highest BCUT2D eigenvalue weighted by atomic mass is 16.6. The Labute approximate surface area is 170 Å². The predicted molar refractivity (Wildman–Crippen MR) is 110 cm³/mol. The summed E-state index contributed by atoms with van der Waals surface area (Å²) in [6, 6.07) is 15.0. The van der Waals surface area contributed by atoms with Gasteiger partial charge in [0.15, 0.2) is 11.8 Å². The zero-order valence-electron chi connectivity index (χ0n) is 17.0. The lowest BCUT2D eigenvalue weighted by atomic mass is 10.0. The van der Waals surface area contributed by atoms with Gasteiger partial charge in [0.1, 0.15) is 11.5 Å². The number of hydrogen-bond acceptors (Lipinski definition) is 6. The number of aromatic nitrogens is 2. The molecule has 0 aliphatic carbocycles. The van der Waals surface area contributed by atoms with Gasteiger partial charge < -0.3 is 14.8 Å². The van der Waals surface area contributed by atoms with E-state index in [2.05, 4.69) is 29.5 Å². The first kappa shape index (κ1) is 20.4. The maximum absolute atomic E-state index is 12.5. The summed E-state index contributed by atoms with van der Waals surface area (Å²) in [6.07, 6.45) is -0.718. The van der Waals surface area contributed by atoms with Crippen LogP contribution in [0.25, 0.3) is 11.3 Å². The van der Waals surface area contributed by atoms with E-state index in [1.807, 2.05) is 55.5 Å². The van der Waals surface area contributed by atoms with Crippen LogP contribution in [0.5, 0.6) is 11.5 Å². The Morgan fingerprint density at radius 2 is 1.66 bits per heavy atom. The topological polar surface area (TPSA) is 86.5 Å². The third-order valence-electron chi connectivity index (χ3n) is 4.40. The van der Waals surface area contributed by atoms with Crippen molar-refractivity contribution in [3.8, 4) is 22.8 Å². The molecular formula is C22H25N3O4. The smallest absolute Gasteiger partial charge is 0.266 e. The second kappa shape index (κ2) is 9.23. The van der Waals surface area contributed by atoms with Gasteiger partial charge in [0.25, 0.3) is 5.91 Å². The van der Waals surface area contributed by atoms with Crippen molar-refractivity contribution < 1.29 is 18.9 Å². The van der Waals surface area contributed by atoms with Crippen LogP contribution >= 0.6 is 0 Å². The van der Waals surface area contributed by atoms with E-state index in [9.17, 15) is 4.79 Å². The summed E-state index contributed by atoms with van der Waals surface area (Å²) >= 11 is 0. The molecule has 7 heteroatoms. The monoisotopic (exact) mass is 395 g/mol. The molecule has 1 N–H and O–H groups in total. The van der Waals surface area contributed by atoms with E-state index in [-0.39, 0.29) is 11.7 Å². The van der Waals surface area contributed by atoms with E-state index < -0.39 is 6.10 Å². The van der Waals surface area contributed by atoms with Gasteiger partial charge in [0.05, 0.1) is 6.61 Å². The van der Waals surface area contributed by atoms with E-state index in [1.54, 1.807) is 6.92 Å². The van der Waals surface area contributed by atoms with Crippen LogP contribution in [0.2, 0.25) is 0 Å². The molecule has 0 bridgehead atoms. The molecule has 7 nitrogen and oxygen atoms in total. The summed E-state index contributed by atoms with van der Waals surface area (Å²) in [5.41, 5.74) is 2.40. The molecule has 1 atom stereocenters. The minimum Gasteiger partial charge on any atom is -0.494 e. The van der Waals surface area contributed by atoms with Crippen molar-refractivity contribution in [1.29, 1.82) is 0 Å². The van der Waals surface area contributed by atoms with Crippen LogP contribution in [0, 0.1) is 0 Å². The number of amides is 1. The highest BCUT2D eigenvalue weighted by molar-refractivity contribution is 5.95. The molecule has 0 aliphatic rings. The Bertz CT molecular complexity index is 933. The fraction of sp³-hybridized carbons (Fsp3) is 0.318. The standard InChI is InChI=1S/C22H25N3O4/c1-5-27-18-10-8-17(9-11-18)20-21(25-29-24-20)23-22(26)15(4)28-19-12-6-16(7-13-19)14(2)3/h6-15H,5H2,1-4H3,(H,23,25,26). The number of rotatable bonds is 8. The van der Waals surface area contributed by atoms with Gasteiger partial charge in [0.2, 0.25) is 5.82 Å². The van der Waals surface area contributed by atoms with Crippen LogP contribution in [0.4, 0.5) is 5.82 Å². The van der Waals surface area contributed by atoms with Crippen LogP contribution in [-0.2, 0) is 4.79 Å². The summed E-state index contributed by atoms with van der Waals surface area (Å²) in [6.45, 7) is 8.44. The van der Waals surface area contributed by atoms with Gasteiger partial charge in [-0.2, -0.15) is 0 Å². The van der Waals surface area contributed by atoms with Crippen molar-refractivity contribution in [2.24, 2.45) is 0 Å². The fourth-order valence-electron chi connectivity index (χ4n) is 2.74. The number of carbonyl (C=O) groups excluding carboxylic acids is 1. The minimum atomic E-state index is -0.718. The van der Waals surface area contributed by atoms with E-state index in [0.29, 0.717) is 24.0 Å². The molecule has 0 aliphatic heterocycles. The average Bonchev–Trinajstić information content (AvgIpc) is 3.17. The van der Waals surface area contributed by atoms with Crippen LogP contribution in [-0.4, -0.2) is 28.9 Å². The van der Waals surface area contributed by atoms with Gasteiger partial charge in [-0.3, -0.25) is 4.79 Å². The summed E-state index contributed by atoms with van der Waals surface area (Å²) in [4.78, 5) is 12.5. The highest BCUT2D eigenvalue weighted by Gasteiger charge is 2.20. The van der Waals surface area contributed by atoms with Gasteiger partial charge in [-0.05, 0) is 72.0 Å². The number of nitrogens with one attached hydrogen (secondary N) is 1. The van der Waals surface area contributed by atoms with Crippen molar-refractivity contribution in [3.63, 3.8) is 0 Å². The number of nitrogens with zero attached hydrogens (tertiary/aromatic N) is 2. The molecule has 1 amide bonds. The third kappa shape index (κ3) is 5.13. The Balaban J connectivity index is 1.65. The molecular weight excluding hydrogens is 370 g/mol. The molecule has 0 spiro atoms. The maximum Gasteiger partial charge on any atom is 0.266 e. The van der Waals surface area contributed by atoms with E-state index in [4.69, 9.17) is 14.1 Å². The number of anilines is 1. The lowest BCUT2D eigenvalue weighted by Gasteiger charge is -2.15. The quantitative estimate of drug-likeness (QED) is 0.597. The lowest BCUT2D eigenvalue weighted by molar-refractivity contribution is -0.122. The summed E-state index contributed by atoms with van der Waals surface area (Å²) < 4.78 is 16.0. The normalized spacial score (nSPS) is 11.9. The minimum absolute atomic E-state index is 0.241. The van der Waals surface area contributed by atoms with Crippen LogP contribution in [0.3, 0.4) is 0 Å². The molecule has 0 saturated carbocycles. The Morgan fingerprint density at radius 1 is 1.00 bits per heavy atom. The first-order valence-corrected chi connectivity index (χ1v) is 9.61. The SMILES string of the molecule is CCOc1ccc(-c2nonc2NC(=O)C(C)Oc2ccc(C(C)C)cc2)cc1. The third-order valence-corrected chi connectivity index (χ3v) is 4.40. The van der Waals surface area contributed by atoms with Crippen LogP contribution in [0.15, 0.2) is 53.2 Å². The molecule has 0 fully saturated rings. The van der Waals surface area contributed by atoms with E-state index >= 15 is 0 Å². The number of carbonyl (C=O) groups is 1. The molecule has 2 aromatic carbocycles. The van der Waals surface area contributed by atoms with Crippen molar-refractivity contribution >= 4 is 11.7 Å². The van der Waals surface area contributed by atoms with Crippen molar-refractivity contribution in [1.82, 2.24) is 10.3 Å². The Morgan fingerprint density at radius 3 is 2.28 bits per heavy atom. The van der Waals surface area contributed by atoms with Gasteiger partial charge in [-0.25, -0.2) is 4.63 Å². The molecule has 1 unspecified atom stereocenters. The Kier molecular flexibility index (Phi) is 6.49. The largest absolute Gasteiger partial charge is 0.494 e. The zero-order chi connectivity index (χ0) is 20.8. The van der Waals surface area contributed by atoms with Gasteiger partial charge in [0, 0.05) is 5.56 Å². The predicted octanol–water partition coefficient (Wildman–Crippen LogP) is 4.66. The molecule has 0 saturated heterocycles. The molecule has 152 valence electrons. The summed E-state index contributed by atoms with van der Waals surface area (Å²) in [5, 5.41) is 10.4. The fourth-order valence-corrected chi connectivity index (χ4v) is 2.74. The average molecular weight is 395 g/mol. The van der Waals surface area contributed by atoms with Crippen LogP contribution in [0.1, 0.15) is 39.2 Å². The second-order valence-electron chi connectivity index (χ2n) is 6.89. The first-order chi connectivity index (χ1) is 14.0. The number of benzene rings is 2. The number of hydrogen-bond donors (Lipinski definition) is 1. The second-order valence-corrected chi connectivity index (χ2v) is 6.89. The molecule has 3 rings (SSSR count). The van der Waals surface area contributed by atoms with Gasteiger partial charge >= 0.3 is 0 Å². The van der Waals surface area contributed by atoms with Gasteiger partial charge in [-0.15, -0.1) is 0 Å². The summed E-state index contributed by atoms with van der Waals surface area (Å²) in [5.74, 6) is 1.71. The van der Waals surface area contributed by atoms with Crippen LogP contribution < -0.4 is 14.8 Å². The lowest BCUT2D eigenvalue weighted by Crippen LogP contribution is -2.30. The van der Waals surface area contributed by atoms with Crippen molar-refractivity contribution in [2.45, 2.75) is 39.7 Å². The van der Waals surface area contributed by atoms with Crippen molar-refractivity contribution in [2.75, 3.05) is 11.9 Å². The molecule has 29 heavy (non-hydrogen) atoms. The molecule has 1 aromatic heterocycles. The zero-order valence-corrected chi connectivity index (χ0v) is 17.0. The molecule has 1 heterocycles.